The van der Waals surface area contributed by atoms with Crippen molar-refractivity contribution in [1.29, 1.82) is 0 Å². The van der Waals surface area contributed by atoms with Gasteiger partial charge in [0.15, 0.2) is 0 Å². The topological polar surface area (TPSA) is 67.0 Å². The minimum Gasteiger partial charge on any atom is -0.481 e. The minimum atomic E-state index is -1.51. The summed E-state index contributed by atoms with van der Waals surface area (Å²) in [6, 6.07) is 5.14. The van der Waals surface area contributed by atoms with Gasteiger partial charge >= 0.3 is 7.12 Å². The maximum absolute atomic E-state index is 9.31. The fourth-order valence-corrected chi connectivity index (χ4v) is 1.75. The molecule has 0 unspecified atom stereocenters. The molecule has 17 heavy (non-hydrogen) atoms. The Bertz CT molecular complexity index is 537. The summed E-state index contributed by atoms with van der Waals surface area (Å²) in [5.74, 6) is 0.833. The first-order chi connectivity index (χ1) is 8.04. The van der Waals surface area contributed by atoms with Gasteiger partial charge in [0.2, 0.25) is 5.88 Å². The van der Waals surface area contributed by atoms with Crippen LogP contribution in [0.2, 0.25) is 0 Å². The van der Waals surface area contributed by atoms with E-state index >= 15 is 0 Å². The van der Waals surface area contributed by atoms with Crippen molar-refractivity contribution in [2.45, 2.75) is 19.8 Å². The highest BCUT2D eigenvalue weighted by Crippen LogP contribution is 2.18. The molecule has 0 radical (unpaired) electrons. The summed E-state index contributed by atoms with van der Waals surface area (Å²) in [5.41, 5.74) is 1.96. The summed E-state index contributed by atoms with van der Waals surface area (Å²) in [6.07, 6.45) is 0. The second-order valence-corrected chi connectivity index (χ2v) is 4.23. The number of rotatable bonds is 3. The van der Waals surface area contributed by atoms with Gasteiger partial charge in [-0.05, 0) is 12.0 Å². The van der Waals surface area contributed by atoms with Gasteiger partial charge in [-0.2, -0.15) is 5.10 Å². The Kier molecular flexibility index (Phi) is 3.08. The van der Waals surface area contributed by atoms with Crippen LogP contribution in [0.1, 0.15) is 25.5 Å². The van der Waals surface area contributed by atoms with Crippen LogP contribution < -0.4 is 10.2 Å². The molecule has 0 aromatic carbocycles. The molecule has 90 valence electrons. The third-order valence-corrected chi connectivity index (χ3v) is 2.72. The molecule has 0 fully saturated rings. The van der Waals surface area contributed by atoms with Crippen molar-refractivity contribution in [1.82, 2.24) is 9.61 Å². The van der Waals surface area contributed by atoms with Gasteiger partial charge in [-0.25, -0.2) is 4.52 Å². The molecule has 0 atom stereocenters. The summed E-state index contributed by atoms with van der Waals surface area (Å²) >= 11 is 0. The summed E-state index contributed by atoms with van der Waals surface area (Å²) < 4.78 is 6.78. The summed E-state index contributed by atoms with van der Waals surface area (Å²) in [7, 11) is 0.0423. The Hall–Kier alpha value is -1.53. The monoisotopic (exact) mass is 234 g/mol. The molecule has 2 N–H and O–H groups in total. The molecule has 0 bridgehead atoms. The van der Waals surface area contributed by atoms with Crippen LogP contribution in [0.15, 0.2) is 18.2 Å². The van der Waals surface area contributed by atoms with E-state index in [1.54, 1.807) is 23.8 Å². The highest BCUT2D eigenvalue weighted by molar-refractivity contribution is 6.61. The smallest absolute Gasteiger partial charge is 0.481 e. The maximum Gasteiger partial charge on any atom is 0.490 e. The van der Waals surface area contributed by atoms with Crippen LogP contribution in [-0.4, -0.2) is 33.9 Å². The van der Waals surface area contributed by atoms with Crippen molar-refractivity contribution in [3.8, 4) is 5.88 Å². The van der Waals surface area contributed by atoms with Gasteiger partial charge in [0, 0.05) is 11.5 Å². The van der Waals surface area contributed by atoms with Crippen molar-refractivity contribution >= 4 is 18.1 Å². The predicted molar refractivity (Wildman–Crippen MR) is 65.7 cm³/mol. The van der Waals surface area contributed by atoms with Crippen LogP contribution in [-0.2, 0) is 0 Å². The molecule has 0 saturated heterocycles. The maximum atomic E-state index is 9.31. The first kappa shape index (κ1) is 11.9. The zero-order chi connectivity index (χ0) is 12.6. The molecule has 0 aliphatic rings. The molecule has 0 amide bonds. The van der Waals surface area contributed by atoms with Crippen LogP contribution in [0.5, 0.6) is 5.88 Å². The third kappa shape index (κ3) is 2.01. The van der Waals surface area contributed by atoms with Gasteiger partial charge in [-0.1, -0.05) is 19.9 Å². The van der Waals surface area contributed by atoms with Crippen LogP contribution in [0.25, 0.3) is 5.52 Å². The van der Waals surface area contributed by atoms with E-state index in [9.17, 15) is 10.0 Å². The number of nitrogens with zero attached hydrogens (tertiary/aromatic N) is 2. The van der Waals surface area contributed by atoms with Crippen molar-refractivity contribution < 1.29 is 14.8 Å². The average molecular weight is 234 g/mol. The number of methoxy groups -OCH3 is 1. The van der Waals surface area contributed by atoms with Gasteiger partial charge in [0.05, 0.1) is 18.3 Å². The van der Waals surface area contributed by atoms with Gasteiger partial charge in [-0.15, -0.1) is 0 Å². The van der Waals surface area contributed by atoms with E-state index in [0.717, 1.165) is 5.69 Å². The zero-order valence-corrected chi connectivity index (χ0v) is 10.1. The first-order valence-corrected chi connectivity index (χ1v) is 5.47. The van der Waals surface area contributed by atoms with Crippen LogP contribution >= 0.6 is 0 Å². The SMILES string of the molecule is COc1ccc(B(O)O)c2cc(C(C)C)nn12. The van der Waals surface area contributed by atoms with Crippen LogP contribution in [0.4, 0.5) is 0 Å². The average Bonchev–Trinajstić information content (AvgIpc) is 2.71. The Morgan fingerprint density at radius 2 is 2.06 bits per heavy atom. The predicted octanol–water partition coefficient (Wildman–Crippen LogP) is 0.146. The van der Waals surface area contributed by atoms with Gasteiger partial charge < -0.3 is 14.8 Å². The van der Waals surface area contributed by atoms with E-state index in [1.165, 1.54) is 0 Å². The number of ether oxygens (including phenoxy) is 1. The van der Waals surface area contributed by atoms with Crippen LogP contribution in [0.3, 0.4) is 0 Å². The van der Waals surface area contributed by atoms with E-state index in [2.05, 4.69) is 5.10 Å². The Morgan fingerprint density at radius 1 is 1.35 bits per heavy atom. The lowest BCUT2D eigenvalue weighted by molar-refractivity contribution is 0.385. The Morgan fingerprint density at radius 3 is 2.59 bits per heavy atom. The molecule has 0 saturated carbocycles. The number of pyridine rings is 1. The minimum absolute atomic E-state index is 0.267. The molecule has 2 rings (SSSR count). The largest absolute Gasteiger partial charge is 0.490 e. The lowest BCUT2D eigenvalue weighted by Crippen LogP contribution is -2.31. The number of hydrogen-bond donors (Lipinski definition) is 2. The molecular weight excluding hydrogens is 219 g/mol. The van der Waals surface area contributed by atoms with Crippen molar-refractivity contribution in [2.75, 3.05) is 7.11 Å². The summed E-state index contributed by atoms with van der Waals surface area (Å²) in [5, 5.41) is 23.0. The molecular formula is C11H15BN2O3. The van der Waals surface area contributed by atoms with Gasteiger partial charge in [0.1, 0.15) is 0 Å². The standard InChI is InChI=1S/C11H15BN2O3/c1-7(2)9-6-10-8(12(15)16)4-5-11(17-3)14(10)13-9/h4-7,15-16H,1-3H3. The molecule has 5 nitrogen and oxygen atoms in total. The molecule has 6 heteroatoms. The lowest BCUT2D eigenvalue weighted by atomic mass is 9.80. The molecule has 2 aromatic heterocycles. The fourth-order valence-electron chi connectivity index (χ4n) is 1.75. The first-order valence-electron chi connectivity index (χ1n) is 5.47. The number of aromatic nitrogens is 2. The van der Waals surface area contributed by atoms with Gasteiger partial charge in [-0.3, -0.25) is 0 Å². The third-order valence-electron chi connectivity index (χ3n) is 2.72. The Labute approximate surface area is 99.8 Å². The number of fused-ring (bicyclic) bond motifs is 1. The zero-order valence-electron chi connectivity index (χ0n) is 10.1. The van der Waals surface area contributed by atoms with E-state index in [4.69, 9.17) is 4.74 Å². The Balaban J connectivity index is 2.72. The van der Waals surface area contributed by atoms with E-state index in [0.29, 0.717) is 16.9 Å². The van der Waals surface area contributed by atoms with Crippen molar-refractivity contribution in [2.24, 2.45) is 0 Å². The number of hydrogen-bond acceptors (Lipinski definition) is 4. The summed E-state index contributed by atoms with van der Waals surface area (Å²) in [6.45, 7) is 4.06. The van der Waals surface area contributed by atoms with E-state index in [-0.39, 0.29) is 5.92 Å². The van der Waals surface area contributed by atoms with E-state index in [1.807, 2.05) is 19.9 Å². The second kappa shape index (κ2) is 4.39. The molecule has 2 heterocycles. The highest BCUT2D eigenvalue weighted by Gasteiger charge is 2.19. The molecule has 0 aliphatic heterocycles. The fraction of sp³-hybridized carbons (Fsp3) is 0.364. The van der Waals surface area contributed by atoms with Gasteiger partial charge in [0.25, 0.3) is 0 Å². The highest BCUT2D eigenvalue weighted by atomic mass is 16.5. The second-order valence-electron chi connectivity index (χ2n) is 4.23. The molecule has 2 aromatic rings. The molecule has 0 spiro atoms. The van der Waals surface area contributed by atoms with Crippen LogP contribution in [0, 0.1) is 0 Å². The molecule has 0 aliphatic carbocycles. The lowest BCUT2D eigenvalue weighted by Gasteiger charge is -2.06. The summed E-state index contributed by atoms with van der Waals surface area (Å²) in [4.78, 5) is 0. The van der Waals surface area contributed by atoms with Crippen molar-refractivity contribution in [3.05, 3.63) is 23.9 Å². The van der Waals surface area contributed by atoms with Crippen molar-refractivity contribution in [3.63, 3.8) is 0 Å². The normalized spacial score (nSPS) is 11.2. The van der Waals surface area contributed by atoms with E-state index < -0.39 is 7.12 Å². The quantitative estimate of drug-likeness (QED) is 0.741.